The molecule has 0 bridgehead atoms. The van der Waals surface area contributed by atoms with Crippen molar-refractivity contribution in [2.75, 3.05) is 19.6 Å². The predicted molar refractivity (Wildman–Crippen MR) is 93.9 cm³/mol. The number of hydrogen-bond acceptors (Lipinski definition) is 3. The van der Waals surface area contributed by atoms with Crippen molar-refractivity contribution in [3.05, 3.63) is 29.6 Å². The van der Waals surface area contributed by atoms with Crippen molar-refractivity contribution in [1.29, 1.82) is 0 Å². The molecule has 0 saturated carbocycles. The second kappa shape index (κ2) is 7.26. The Morgan fingerprint density at radius 1 is 1.43 bits per heavy atom. The number of fused-ring (bicyclic) bond motifs is 1. The van der Waals surface area contributed by atoms with E-state index in [-0.39, 0.29) is 5.78 Å². The van der Waals surface area contributed by atoms with Crippen LogP contribution in [0.4, 0.5) is 0 Å². The first-order valence-electron chi connectivity index (χ1n) is 8.90. The second-order valence-electron chi connectivity index (χ2n) is 6.89. The minimum Gasteiger partial charge on any atom is -0.342 e. The third-order valence-electron chi connectivity index (χ3n) is 4.74. The maximum Gasteiger partial charge on any atom is 0.164 e. The van der Waals surface area contributed by atoms with E-state index in [1.807, 2.05) is 18.2 Å². The van der Waals surface area contributed by atoms with E-state index in [1.54, 1.807) is 0 Å². The van der Waals surface area contributed by atoms with Crippen molar-refractivity contribution in [2.24, 2.45) is 5.92 Å². The maximum atomic E-state index is 12.5. The summed E-state index contributed by atoms with van der Waals surface area (Å²) >= 11 is 0. The number of rotatable bonds is 6. The van der Waals surface area contributed by atoms with Gasteiger partial charge in [0.1, 0.15) is 5.82 Å². The van der Waals surface area contributed by atoms with Crippen molar-refractivity contribution in [1.82, 2.24) is 14.9 Å². The first-order chi connectivity index (χ1) is 11.2. The molecule has 1 aliphatic heterocycles. The fraction of sp³-hybridized carbons (Fsp3) is 0.579. The molecule has 1 unspecified atom stereocenters. The van der Waals surface area contributed by atoms with Gasteiger partial charge in [0.05, 0.1) is 11.0 Å². The van der Waals surface area contributed by atoms with E-state index in [0.29, 0.717) is 6.42 Å². The molecule has 23 heavy (non-hydrogen) atoms. The minimum absolute atomic E-state index is 0.233. The summed E-state index contributed by atoms with van der Waals surface area (Å²) in [4.78, 5) is 22.8. The van der Waals surface area contributed by atoms with Gasteiger partial charge in [0.2, 0.25) is 0 Å². The molecule has 3 rings (SSSR count). The number of benzene rings is 1. The van der Waals surface area contributed by atoms with Gasteiger partial charge in [0.25, 0.3) is 0 Å². The van der Waals surface area contributed by atoms with Crippen LogP contribution in [0.2, 0.25) is 0 Å². The van der Waals surface area contributed by atoms with Gasteiger partial charge >= 0.3 is 0 Å². The molecule has 0 spiro atoms. The van der Waals surface area contributed by atoms with Crippen LogP contribution in [0.15, 0.2) is 18.2 Å². The maximum absolute atomic E-state index is 12.5. The summed E-state index contributed by atoms with van der Waals surface area (Å²) in [7, 11) is 0. The number of hydrogen-bond donors (Lipinski definition) is 1. The highest BCUT2D eigenvalue weighted by molar-refractivity contribution is 5.99. The Morgan fingerprint density at radius 2 is 2.30 bits per heavy atom. The number of Topliss-reactive ketones (excluding diaryl/α,β-unsaturated/α-hetero) is 1. The Kier molecular flexibility index (Phi) is 5.11. The Bertz CT molecular complexity index is 676. The molecule has 1 aromatic carbocycles. The lowest BCUT2D eigenvalue weighted by atomic mass is 9.99. The SMILES string of the molecule is CCCc1nc2ccc(C(=O)CCN3CCCC(C)C3)cc2[nH]1. The molecular formula is C19H27N3O. The number of nitrogens with zero attached hydrogens (tertiary/aromatic N) is 2. The molecule has 124 valence electrons. The van der Waals surface area contributed by atoms with E-state index in [0.717, 1.165) is 60.8 Å². The van der Waals surface area contributed by atoms with Gasteiger partial charge in [0.15, 0.2) is 5.78 Å². The average molecular weight is 313 g/mol. The molecule has 0 aliphatic carbocycles. The quantitative estimate of drug-likeness (QED) is 0.825. The highest BCUT2D eigenvalue weighted by atomic mass is 16.1. The largest absolute Gasteiger partial charge is 0.342 e. The number of aromatic amines is 1. The van der Waals surface area contributed by atoms with Gasteiger partial charge in [-0.25, -0.2) is 4.98 Å². The zero-order chi connectivity index (χ0) is 16.2. The van der Waals surface area contributed by atoms with Gasteiger partial charge in [-0.2, -0.15) is 0 Å². The van der Waals surface area contributed by atoms with Crippen LogP contribution in [0.3, 0.4) is 0 Å². The summed E-state index contributed by atoms with van der Waals surface area (Å²) in [6.07, 6.45) is 5.20. The van der Waals surface area contributed by atoms with Crippen LogP contribution in [0, 0.1) is 5.92 Å². The Morgan fingerprint density at radius 3 is 3.09 bits per heavy atom. The summed E-state index contributed by atoms with van der Waals surface area (Å²) in [5.74, 6) is 2.00. The number of likely N-dealkylation sites (tertiary alicyclic amines) is 1. The monoisotopic (exact) mass is 313 g/mol. The van der Waals surface area contributed by atoms with Gasteiger partial charge in [-0.15, -0.1) is 0 Å². The Labute approximate surface area is 138 Å². The third-order valence-corrected chi connectivity index (χ3v) is 4.74. The molecule has 1 N–H and O–H groups in total. The van der Waals surface area contributed by atoms with E-state index in [1.165, 1.54) is 12.8 Å². The Balaban J connectivity index is 1.63. The van der Waals surface area contributed by atoms with Gasteiger partial charge in [-0.05, 0) is 49.9 Å². The fourth-order valence-electron chi connectivity index (χ4n) is 3.48. The van der Waals surface area contributed by atoms with E-state index in [9.17, 15) is 4.79 Å². The normalized spacial score (nSPS) is 19.3. The highest BCUT2D eigenvalue weighted by Crippen LogP contribution is 2.18. The van der Waals surface area contributed by atoms with Crippen LogP contribution in [0.25, 0.3) is 11.0 Å². The van der Waals surface area contributed by atoms with Crippen molar-refractivity contribution in [3.63, 3.8) is 0 Å². The lowest BCUT2D eigenvalue weighted by Gasteiger charge is -2.30. The summed E-state index contributed by atoms with van der Waals surface area (Å²) in [5, 5.41) is 0. The molecule has 2 heterocycles. The number of piperidine rings is 1. The van der Waals surface area contributed by atoms with Crippen LogP contribution in [-0.4, -0.2) is 40.3 Å². The van der Waals surface area contributed by atoms with E-state index in [4.69, 9.17) is 0 Å². The number of aryl methyl sites for hydroxylation is 1. The number of ketones is 1. The van der Waals surface area contributed by atoms with Crippen LogP contribution < -0.4 is 0 Å². The molecule has 2 aromatic rings. The molecule has 4 nitrogen and oxygen atoms in total. The first-order valence-corrected chi connectivity index (χ1v) is 8.90. The van der Waals surface area contributed by atoms with Gasteiger partial charge < -0.3 is 9.88 Å². The number of H-pyrrole nitrogens is 1. The van der Waals surface area contributed by atoms with E-state index < -0.39 is 0 Å². The fourth-order valence-corrected chi connectivity index (χ4v) is 3.48. The van der Waals surface area contributed by atoms with Crippen LogP contribution in [0.5, 0.6) is 0 Å². The molecule has 1 aliphatic rings. The zero-order valence-electron chi connectivity index (χ0n) is 14.3. The van der Waals surface area contributed by atoms with Gasteiger partial charge in [-0.1, -0.05) is 13.8 Å². The van der Waals surface area contributed by atoms with Gasteiger partial charge in [0, 0.05) is 31.5 Å². The average Bonchev–Trinajstić information content (AvgIpc) is 2.94. The molecule has 0 amide bonds. The highest BCUT2D eigenvalue weighted by Gasteiger charge is 2.17. The number of aromatic nitrogens is 2. The molecule has 4 heteroatoms. The van der Waals surface area contributed by atoms with Crippen LogP contribution >= 0.6 is 0 Å². The van der Waals surface area contributed by atoms with Crippen molar-refractivity contribution >= 4 is 16.8 Å². The topological polar surface area (TPSA) is 49.0 Å². The van der Waals surface area contributed by atoms with Crippen LogP contribution in [0.1, 0.15) is 55.7 Å². The molecule has 1 fully saturated rings. The lowest BCUT2D eigenvalue weighted by molar-refractivity contribution is 0.0949. The minimum atomic E-state index is 0.233. The predicted octanol–water partition coefficient (Wildman–Crippen LogP) is 3.82. The van der Waals surface area contributed by atoms with Crippen LogP contribution in [-0.2, 0) is 6.42 Å². The number of imidazole rings is 1. The number of carbonyl (C=O) groups excluding carboxylic acids is 1. The molecule has 1 saturated heterocycles. The first kappa shape index (κ1) is 16.2. The number of nitrogens with one attached hydrogen (secondary N) is 1. The number of carbonyl (C=O) groups is 1. The van der Waals surface area contributed by atoms with Crippen molar-refractivity contribution < 1.29 is 4.79 Å². The summed E-state index contributed by atoms with van der Waals surface area (Å²) < 4.78 is 0. The smallest absolute Gasteiger partial charge is 0.164 e. The van der Waals surface area contributed by atoms with E-state index >= 15 is 0 Å². The molecule has 1 aromatic heterocycles. The zero-order valence-corrected chi connectivity index (χ0v) is 14.3. The molecular weight excluding hydrogens is 286 g/mol. The van der Waals surface area contributed by atoms with E-state index in [2.05, 4.69) is 28.7 Å². The summed E-state index contributed by atoms with van der Waals surface area (Å²) in [6, 6.07) is 5.84. The van der Waals surface area contributed by atoms with Gasteiger partial charge in [-0.3, -0.25) is 4.79 Å². The van der Waals surface area contributed by atoms with Crippen molar-refractivity contribution in [3.8, 4) is 0 Å². The standard InChI is InChI=1S/C19H27N3O/c1-3-5-19-20-16-8-7-15(12-17(16)21-19)18(23)9-11-22-10-4-6-14(2)13-22/h7-8,12,14H,3-6,9-11,13H2,1-2H3,(H,20,21). The second-order valence-corrected chi connectivity index (χ2v) is 6.89. The molecule has 1 atom stereocenters. The lowest BCUT2D eigenvalue weighted by Crippen LogP contribution is -2.35. The Hall–Kier alpha value is -1.68. The molecule has 0 radical (unpaired) electrons. The third kappa shape index (κ3) is 3.99. The summed E-state index contributed by atoms with van der Waals surface area (Å²) in [6.45, 7) is 7.59. The summed E-state index contributed by atoms with van der Waals surface area (Å²) in [5.41, 5.74) is 2.73. The van der Waals surface area contributed by atoms with Crippen molar-refractivity contribution in [2.45, 2.75) is 46.0 Å².